The molecule has 2 amide bonds. The maximum absolute atomic E-state index is 12.7. The van der Waals surface area contributed by atoms with E-state index in [1.807, 2.05) is 6.92 Å². The highest BCUT2D eigenvalue weighted by atomic mass is 79.9. The Morgan fingerprint density at radius 2 is 1.82 bits per heavy atom. The number of phenols is 1. The molecule has 0 fully saturated rings. The number of phenolic OH excluding ortho intramolecular Hbond substituents is 1. The van der Waals surface area contributed by atoms with Gasteiger partial charge in [-0.15, -0.1) is 0 Å². The monoisotopic (exact) mass is 582 g/mol. The van der Waals surface area contributed by atoms with Crippen LogP contribution in [-0.2, 0) is 9.53 Å². The minimum Gasteiger partial charge on any atom is -0.506 e. The molecule has 0 saturated carbocycles. The zero-order chi connectivity index (χ0) is 24.5. The number of carbonyl (C=O) groups excluding carboxylic acids is 3. The molecule has 2 atom stereocenters. The Labute approximate surface area is 208 Å². The summed E-state index contributed by atoms with van der Waals surface area (Å²) in [5, 5.41) is 21.8. The summed E-state index contributed by atoms with van der Waals surface area (Å²) < 4.78 is 6.83. The molecule has 2 rings (SSSR count). The van der Waals surface area contributed by atoms with Crippen LogP contribution < -0.4 is 10.8 Å². The Kier molecular flexibility index (Phi) is 10.1. The summed E-state index contributed by atoms with van der Waals surface area (Å²) in [6.07, 6.45) is 2.24. The van der Waals surface area contributed by atoms with Crippen molar-refractivity contribution in [2.45, 2.75) is 32.8 Å². The molecule has 2 aromatic carbocycles. The number of halogens is 2. The number of Topliss-reactive ketones (excluding diaryl/α,β-unsaturated/α-hetero) is 1. The Bertz CT molecular complexity index is 1040. The summed E-state index contributed by atoms with van der Waals surface area (Å²) >= 11 is 6.68. The smallest absolute Gasteiger partial charge is 0.412 e. The number of hydroxylamine groups is 1. The first-order chi connectivity index (χ1) is 15.6. The molecule has 0 spiro atoms. The van der Waals surface area contributed by atoms with Crippen LogP contribution in [0, 0.1) is 5.92 Å². The molecule has 176 valence electrons. The summed E-state index contributed by atoms with van der Waals surface area (Å²) in [4.78, 5) is 35.2. The molecular weight excluding hydrogens is 560 g/mol. The van der Waals surface area contributed by atoms with Crippen LogP contribution in [0.15, 0.2) is 57.5 Å². The zero-order valence-corrected chi connectivity index (χ0v) is 21.1. The maximum Gasteiger partial charge on any atom is 0.412 e. The van der Waals surface area contributed by atoms with Crippen molar-refractivity contribution in [3.63, 3.8) is 0 Å². The average molecular weight is 584 g/mol. The lowest BCUT2D eigenvalue weighted by atomic mass is 9.92. The number of ether oxygens (including phenoxy) is 1. The highest BCUT2D eigenvalue weighted by Gasteiger charge is 2.27. The molecule has 0 radical (unpaired) electrons. The van der Waals surface area contributed by atoms with Gasteiger partial charge in [-0.05, 0) is 78.0 Å². The first-order valence-electron chi connectivity index (χ1n) is 9.99. The van der Waals surface area contributed by atoms with Gasteiger partial charge in [0.05, 0.1) is 4.47 Å². The highest BCUT2D eigenvalue weighted by Crippen LogP contribution is 2.40. The Hall–Kier alpha value is -2.69. The number of amides is 2. The van der Waals surface area contributed by atoms with Gasteiger partial charge in [0.25, 0.3) is 5.91 Å². The number of rotatable bonds is 9. The number of aromatic hydroxyl groups is 1. The topological polar surface area (TPSA) is 125 Å². The number of carbonyl (C=O) groups is 3. The second kappa shape index (κ2) is 12.5. The van der Waals surface area contributed by atoms with Gasteiger partial charge < -0.3 is 9.84 Å². The van der Waals surface area contributed by atoms with E-state index in [1.165, 1.54) is 18.5 Å². The van der Waals surface area contributed by atoms with Crippen LogP contribution in [0.25, 0.3) is 0 Å². The van der Waals surface area contributed by atoms with Gasteiger partial charge >= 0.3 is 6.09 Å². The third kappa shape index (κ3) is 7.99. The van der Waals surface area contributed by atoms with Gasteiger partial charge in [0.1, 0.15) is 11.9 Å². The first kappa shape index (κ1) is 26.6. The number of allylic oxidation sites excluding steroid dienone is 1. The fourth-order valence-electron chi connectivity index (χ4n) is 3.08. The van der Waals surface area contributed by atoms with E-state index in [0.717, 1.165) is 0 Å². The normalized spacial score (nSPS) is 12.8. The van der Waals surface area contributed by atoms with Crippen molar-refractivity contribution in [1.82, 2.24) is 5.48 Å². The van der Waals surface area contributed by atoms with E-state index in [1.54, 1.807) is 42.5 Å². The second-order valence-electron chi connectivity index (χ2n) is 7.34. The van der Waals surface area contributed by atoms with Crippen molar-refractivity contribution in [2.24, 2.45) is 5.92 Å². The van der Waals surface area contributed by atoms with Crippen molar-refractivity contribution in [3.05, 3.63) is 68.6 Å². The minimum absolute atomic E-state index is 0.0520. The number of ketones is 1. The lowest BCUT2D eigenvalue weighted by Gasteiger charge is -2.26. The molecule has 0 aromatic heterocycles. The van der Waals surface area contributed by atoms with E-state index < -0.39 is 18.1 Å². The second-order valence-corrected chi connectivity index (χ2v) is 9.11. The number of hydrogen-bond acceptors (Lipinski definition) is 6. The molecule has 2 aromatic rings. The fraction of sp³-hybridized carbons (Fsp3) is 0.261. The SMILES string of the molecule is CC(=O)c1ccc(NC(=O)O[C@H](c2cc(Br)cc(Br)c2O)[C@@H](C)CC/C=C/C(=O)NO)cc1. The highest BCUT2D eigenvalue weighted by molar-refractivity contribution is 9.11. The summed E-state index contributed by atoms with van der Waals surface area (Å²) in [7, 11) is 0. The van der Waals surface area contributed by atoms with Gasteiger partial charge in [0.15, 0.2) is 5.78 Å². The summed E-state index contributed by atoms with van der Waals surface area (Å²) in [6.45, 7) is 3.31. The van der Waals surface area contributed by atoms with Crippen LogP contribution in [0.2, 0.25) is 0 Å². The predicted molar refractivity (Wildman–Crippen MR) is 130 cm³/mol. The molecular formula is C23H24Br2N2O6. The number of nitrogens with one attached hydrogen (secondary N) is 2. The van der Waals surface area contributed by atoms with Crippen LogP contribution in [0.5, 0.6) is 5.75 Å². The molecule has 0 saturated heterocycles. The van der Waals surface area contributed by atoms with E-state index in [2.05, 4.69) is 37.2 Å². The molecule has 0 heterocycles. The van der Waals surface area contributed by atoms with E-state index in [9.17, 15) is 19.5 Å². The fourth-order valence-corrected chi connectivity index (χ4v) is 4.34. The average Bonchev–Trinajstić information content (AvgIpc) is 2.77. The van der Waals surface area contributed by atoms with Crippen LogP contribution >= 0.6 is 31.9 Å². The van der Waals surface area contributed by atoms with Gasteiger partial charge in [-0.3, -0.25) is 20.1 Å². The number of benzene rings is 2. The predicted octanol–water partition coefficient (Wildman–Crippen LogP) is 5.89. The number of hydrogen-bond donors (Lipinski definition) is 4. The van der Waals surface area contributed by atoms with Crippen molar-refractivity contribution in [3.8, 4) is 5.75 Å². The first-order valence-corrected chi connectivity index (χ1v) is 11.6. The van der Waals surface area contributed by atoms with Crippen molar-refractivity contribution in [1.29, 1.82) is 0 Å². The Balaban J connectivity index is 2.21. The molecule has 4 N–H and O–H groups in total. The molecule has 0 bridgehead atoms. The zero-order valence-electron chi connectivity index (χ0n) is 18.0. The lowest BCUT2D eigenvalue weighted by molar-refractivity contribution is -0.124. The van der Waals surface area contributed by atoms with Gasteiger partial charge in [-0.1, -0.05) is 28.9 Å². The quantitative estimate of drug-likeness (QED) is 0.126. The van der Waals surface area contributed by atoms with Gasteiger partial charge in [-0.25, -0.2) is 10.3 Å². The standard InChI is InChI=1S/C23H24Br2N2O6/c1-13(5-3-4-6-20(29)27-32)22(18-11-16(24)12-19(25)21(18)30)33-23(31)26-17-9-7-15(8-10-17)14(2)28/h4,6-13,22,30,32H,3,5H2,1-2H3,(H,26,31)(H,27,29)/b6-4+/t13-,22-/m0/s1. The van der Waals surface area contributed by atoms with Crippen LogP contribution in [-0.4, -0.2) is 28.1 Å². The third-order valence-electron chi connectivity index (χ3n) is 4.82. The molecule has 10 heteroatoms. The molecule has 0 aliphatic heterocycles. The van der Waals surface area contributed by atoms with E-state index in [-0.39, 0.29) is 17.5 Å². The van der Waals surface area contributed by atoms with Crippen molar-refractivity contribution < 1.29 is 29.4 Å². The third-order valence-corrected chi connectivity index (χ3v) is 5.88. The van der Waals surface area contributed by atoms with E-state index in [4.69, 9.17) is 9.94 Å². The molecule has 0 aliphatic carbocycles. The van der Waals surface area contributed by atoms with Crippen LogP contribution in [0.4, 0.5) is 10.5 Å². The van der Waals surface area contributed by atoms with Gasteiger partial charge in [-0.2, -0.15) is 0 Å². The minimum atomic E-state index is -0.810. The van der Waals surface area contributed by atoms with Gasteiger partial charge in [0, 0.05) is 27.4 Å². The molecule has 33 heavy (non-hydrogen) atoms. The maximum atomic E-state index is 12.7. The van der Waals surface area contributed by atoms with Gasteiger partial charge in [0.2, 0.25) is 0 Å². The van der Waals surface area contributed by atoms with Crippen LogP contribution in [0.3, 0.4) is 0 Å². The largest absolute Gasteiger partial charge is 0.506 e. The lowest BCUT2D eigenvalue weighted by Crippen LogP contribution is -2.22. The Morgan fingerprint density at radius 1 is 1.15 bits per heavy atom. The van der Waals surface area contributed by atoms with Crippen molar-refractivity contribution >= 4 is 55.3 Å². The molecule has 0 unspecified atom stereocenters. The summed E-state index contributed by atoms with van der Waals surface area (Å²) in [5.41, 5.74) is 2.89. The molecule has 8 nitrogen and oxygen atoms in total. The Morgan fingerprint density at radius 3 is 2.42 bits per heavy atom. The summed E-state index contributed by atoms with van der Waals surface area (Å²) in [5.74, 6) is -1.02. The van der Waals surface area contributed by atoms with Crippen LogP contribution in [0.1, 0.15) is 48.7 Å². The van der Waals surface area contributed by atoms with Crippen molar-refractivity contribution in [2.75, 3.05) is 5.32 Å². The molecule has 0 aliphatic rings. The van der Waals surface area contributed by atoms with E-state index in [0.29, 0.717) is 38.6 Å². The number of anilines is 1. The summed E-state index contributed by atoms with van der Waals surface area (Å²) in [6, 6.07) is 9.74. The van der Waals surface area contributed by atoms with E-state index >= 15 is 0 Å².